The Morgan fingerprint density at radius 2 is 2.12 bits per heavy atom. The summed E-state index contributed by atoms with van der Waals surface area (Å²) < 4.78 is 38.4. The summed E-state index contributed by atoms with van der Waals surface area (Å²) in [7, 11) is 0. The molecule has 84 valence electrons. The molecule has 4 nitrogen and oxygen atoms in total. The van der Waals surface area contributed by atoms with Gasteiger partial charge < -0.3 is 9.51 Å². The Morgan fingerprint density at radius 3 is 2.69 bits per heavy atom. The number of carboxylic acid groups (broad SMARTS) is 1. The number of rotatable bonds is 1. The molecular weight excluding hydrogens is 225 g/mol. The molecule has 7 heteroatoms. The summed E-state index contributed by atoms with van der Waals surface area (Å²) in [5.74, 6) is -1.36. The average molecular weight is 230 g/mol. The number of nitrogens with zero attached hydrogens (tertiary/aromatic N) is 2. The van der Waals surface area contributed by atoms with Crippen LogP contribution in [0.15, 0.2) is 24.7 Å². The zero-order chi connectivity index (χ0) is 11.9. The molecule has 0 bridgehead atoms. The molecule has 0 radical (unpaired) electrons. The van der Waals surface area contributed by atoms with E-state index in [-0.39, 0.29) is 5.52 Å². The third-order valence-electron chi connectivity index (χ3n) is 2.07. The summed E-state index contributed by atoms with van der Waals surface area (Å²) in [6.07, 6.45) is -2.22. The van der Waals surface area contributed by atoms with Crippen LogP contribution in [0.3, 0.4) is 0 Å². The van der Waals surface area contributed by atoms with Gasteiger partial charge in [0.25, 0.3) is 0 Å². The van der Waals surface area contributed by atoms with Crippen molar-refractivity contribution in [3.63, 3.8) is 0 Å². The Bertz CT molecular complexity index is 559. The van der Waals surface area contributed by atoms with E-state index in [1.54, 1.807) is 0 Å². The molecule has 0 aliphatic carbocycles. The first-order chi connectivity index (χ1) is 7.39. The van der Waals surface area contributed by atoms with E-state index in [0.29, 0.717) is 0 Å². The van der Waals surface area contributed by atoms with Gasteiger partial charge in [-0.05, 0) is 12.1 Å². The summed E-state index contributed by atoms with van der Waals surface area (Å²) >= 11 is 0. The number of aromatic nitrogens is 2. The van der Waals surface area contributed by atoms with Gasteiger partial charge in [0.05, 0.1) is 11.1 Å². The number of hydrogen-bond acceptors (Lipinski definition) is 2. The third-order valence-corrected chi connectivity index (χ3v) is 2.07. The second-order valence-electron chi connectivity index (χ2n) is 3.10. The van der Waals surface area contributed by atoms with Crippen LogP contribution >= 0.6 is 0 Å². The summed E-state index contributed by atoms with van der Waals surface area (Å²) in [5.41, 5.74) is -1.38. The van der Waals surface area contributed by atoms with E-state index in [4.69, 9.17) is 5.11 Å². The molecule has 1 N–H and O–H groups in total. The van der Waals surface area contributed by atoms with E-state index in [1.807, 2.05) is 0 Å². The van der Waals surface area contributed by atoms with E-state index in [1.165, 1.54) is 4.40 Å². The van der Waals surface area contributed by atoms with Crippen molar-refractivity contribution in [2.45, 2.75) is 6.18 Å². The largest absolute Gasteiger partial charge is 0.476 e. The highest BCUT2D eigenvalue weighted by Crippen LogP contribution is 2.30. The molecule has 2 aromatic heterocycles. The van der Waals surface area contributed by atoms with Crippen LogP contribution in [0.2, 0.25) is 0 Å². The van der Waals surface area contributed by atoms with Crippen LogP contribution in [0.5, 0.6) is 0 Å². The zero-order valence-electron chi connectivity index (χ0n) is 7.69. The smallest absolute Gasteiger partial charge is 0.416 e. The predicted octanol–water partition coefficient (Wildman–Crippen LogP) is 2.05. The fourth-order valence-corrected chi connectivity index (χ4v) is 1.33. The third kappa shape index (κ3) is 1.60. The second-order valence-corrected chi connectivity index (χ2v) is 3.10. The van der Waals surface area contributed by atoms with Gasteiger partial charge in [-0.2, -0.15) is 13.2 Å². The first kappa shape index (κ1) is 10.5. The van der Waals surface area contributed by atoms with E-state index in [9.17, 15) is 18.0 Å². The molecule has 0 aromatic carbocycles. The first-order valence-electron chi connectivity index (χ1n) is 4.17. The number of hydrogen-bond donors (Lipinski definition) is 1. The van der Waals surface area contributed by atoms with Gasteiger partial charge in [-0.1, -0.05) is 0 Å². The van der Waals surface area contributed by atoms with Crippen molar-refractivity contribution in [1.82, 2.24) is 9.38 Å². The summed E-state index contributed by atoms with van der Waals surface area (Å²) in [4.78, 5) is 14.2. The molecular formula is C9H5F3N2O2. The van der Waals surface area contributed by atoms with Crippen LogP contribution in [0.4, 0.5) is 13.2 Å². The van der Waals surface area contributed by atoms with Gasteiger partial charge in [0, 0.05) is 6.20 Å². The lowest BCUT2D eigenvalue weighted by atomic mass is 10.2. The van der Waals surface area contributed by atoms with Gasteiger partial charge in [-0.25, -0.2) is 9.78 Å². The lowest BCUT2D eigenvalue weighted by Crippen LogP contribution is -2.06. The molecule has 0 saturated carbocycles. The quantitative estimate of drug-likeness (QED) is 0.815. The molecule has 2 rings (SSSR count). The van der Waals surface area contributed by atoms with E-state index >= 15 is 0 Å². The maximum atomic E-state index is 12.4. The van der Waals surface area contributed by atoms with Crippen molar-refractivity contribution in [2.24, 2.45) is 0 Å². The molecule has 0 spiro atoms. The highest BCUT2D eigenvalue weighted by molar-refractivity contribution is 5.93. The molecule has 0 atom stereocenters. The van der Waals surface area contributed by atoms with Crippen LogP contribution in [0.25, 0.3) is 5.52 Å². The number of carbonyl (C=O) groups is 1. The molecule has 0 aliphatic heterocycles. The van der Waals surface area contributed by atoms with Crippen molar-refractivity contribution >= 4 is 11.5 Å². The van der Waals surface area contributed by atoms with Crippen molar-refractivity contribution in [2.75, 3.05) is 0 Å². The number of alkyl halides is 3. The van der Waals surface area contributed by atoms with Gasteiger partial charge in [0.2, 0.25) is 0 Å². The molecule has 0 amide bonds. The highest BCUT2D eigenvalue weighted by Gasteiger charge is 2.31. The molecule has 2 aromatic rings. The monoisotopic (exact) mass is 230 g/mol. The Balaban J connectivity index is 2.68. The molecule has 0 unspecified atom stereocenters. The first-order valence-corrected chi connectivity index (χ1v) is 4.17. The maximum Gasteiger partial charge on any atom is 0.416 e. The minimum absolute atomic E-state index is 0.0812. The van der Waals surface area contributed by atoms with Crippen LogP contribution in [-0.4, -0.2) is 20.5 Å². The van der Waals surface area contributed by atoms with Gasteiger partial charge in [0.1, 0.15) is 6.33 Å². The van der Waals surface area contributed by atoms with Crippen LogP contribution in [-0.2, 0) is 6.18 Å². The van der Waals surface area contributed by atoms with Crippen molar-refractivity contribution < 1.29 is 23.1 Å². The predicted molar refractivity (Wildman–Crippen MR) is 47.2 cm³/mol. The Labute approximate surface area is 87.0 Å². The van der Waals surface area contributed by atoms with Gasteiger partial charge in [-0.3, -0.25) is 0 Å². The fourth-order valence-electron chi connectivity index (χ4n) is 1.33. The number of fused-ring (bicyclic) bond motifs is 1. The Kier molecular flexibility index (Phi) is 2.11. The number of halogens is 3. The standard InChI is InChI=1S/C9H5F3N2O2/c10-9(11,12)5-1-2-14-4-13-7(8(15)16)6(14)3-5/h1-4H,(H,15,16). The number of pyridine rings is 1. The molecule has 16 heavy (non-hydrogen) atoms. The minimum Gasteiger partial charge on any atom is -0.476 e. The number of aromatic carboxylic acids is 1. The molecule has 0 aliphatic rings. The van der Waals surface area contributed by atoms with Gasteiger partial charge in [-0.15, -0.1) is 0 Å². The molecule has 2 heterocycles. The summed E-state index contributed by atoms with van der Waals surface area (Å²) in [5, 5.41) is 8.71. The molecule has 0 fully saturated rings. The summed E-state index contributed by atoms with van der Waals surface area (Å²) in [6, 6.07) is 1.62. The van der Waals surface area contributed by atoms with Crippen molar-refractivity contribution in [3.05, 3.63) is 35.9 Å². The average Bonchev–Trinajstić information content (AvgIpc) is 2.58. The minimum atomic E-state index is -4.50. The zero-order valence-corrected chi connectivity index (χ0v) is 7.69. The maximum absolute atomic E-state index is 12.4. The van der Waals surface area contributed by atoms with Crippen molar-refractivity contribution in [1.29, 1.82) is 0 Å². The lowest BCUT2D eigenvalue weighted by Gasteiger charge is -2.06. The van der Waals surface area contributed by atoms with Crippen molar-refractivity contribution in [3.8, 4) is 0 Å². The van der Waals surface area contributed by atoms with Crippen LogP contribution in [0, 0.1) is 0 Å². The number of carboxylic acids is 1. The Morgan fingerprint density at radius 1 is 1.44 bits per heavy atom. The van der Waals surface area contributed by atoms with Crippen LogP contribution in [0.1, 0.15) is 16.1 Å². The highest BCUT2D eigenvalue weighted by atomic mass is 19.4. The van der Waals surface area contributed by atoms with E-state index in [2.05, 4.69) is 4.98 Å². The van der Waals surface area contributed by atoms with Gasteiger partial charge >= 0.3 is 12.1 Å². The fraction of sp³-hybridized carbons (Fsp3) is 0.111. The molecule has 0 saturated heterocycles. The Hall–Kier alpha value is -2.05. The summed E-state index contributed by atoms with van der Waals surface area (Å²) in [6.45, 7) is 0. The number of imidazole rings is 1. The normalized spacial score (nSPS) is 11.9. The topological polar surface area (TPSA) is 54.6 Å². The van der Waals surface area contributed by atoms with Crippen LogP contribution < -0.4 is 0 Å². The second kappa shape index (κ2) is 3.22. The van der Waals surface area contributed by atoms with E-state index in [0.717, 1.165) is 24.7 Å². The SMILES string of the molecule is O=C(O)c1ncn2ccc(C(F)(F)F)cc12. The van der Waals surface area contributed by atoms with E-state index < -0.39 is 23.4 Å². The lowest BCUT2D eigenvalue weighted by molar-refractivity contribution is -0.137. The van der Waals surface area contributed by atoms with Gasteiger partial charge in [0.15, 0.2) is 5.69 Å².